The number of nitro groups is 1. The zero-order valence-corrected chi connectivity index (χ0v) is 19.8. The molecule has 7 nitrogen and oxygen atoms in total. The molecule has 32 heavy (non-hydrogen) atoms. The van der Waals surface area contributed by atoms with Gasteiger partial charge in [-0.2, -0.15) is 5.10 Å². The fourth-order valence-corrected chi connectivity index (χ4v) is 4.67. The largest absolute Gasteiger partial charge is 0.363 e. The molecular formula is C24H28N4O3S. The molecule has 0 saturated heterocycles. The summed E-state index contributed by atoms with van der Waals surface area (Å²) >= 11 is 1.30. The SMILES string of the molecule is CCN1c2cc(C)c(/C=N\NC(=O)CSc3ccc([N+](=O)[O-])cc3)cc2C(C)=CC1(C)C. The van der Waals surface area contributed by atoms with Crippen LogP contribution in [-0.2, 0) is 4.79 Å². The van der Waals surface area contributed by atoms with Gasteiger partial charge in [0.05, 0.1) is 22.4 Å². The summed E-state index contributed by atoms with van der Waals surface area (Å²) < 4.78 is 0. The molecule has 1 amide bonds. The van der Waals surface area contributed by atoms with E-state index in [2.05, 4.69) is 61.3 Å². The van der Waals surface area contributed by atoms with Crippen molar-refractivity contribution in [1.82, 2.24) is 5.43 Å². The number of rotatable bonds is 7. The van der Waals surface area contributed by atoms with Gasteiger partial charge in [-0.25, -0.2) is 5.43 Å². The van der Waals surface area contributed by atoms with E-state index in [0.29, 0.717) is 0 Å². The zero-order valence-electron chi connectivity index (χ0n) is 19.0. The highest BCUT2D eigenvalue weighted by Crippen LogP contribution is 2.39. The van der Waals surface area contributed by atoms with Crippen molar-refractivity contribution in [2.75, 3.05) is 17.2 Å². The molecule has 0 unspecified atom stereocenters. The number of nitrogens with one attached hydrogen (secondary N) is 1. The van der Waals surface area contributed by atoms with E-state index in [1.54, 1.807) is 18.3 Å². The van der Waals surface area contributed by atoms with Gasteiger partial charge in [-0.05, 0) is 75.6 Å². The third-order valence-electron chi connectivity index (χ3n) is 5.49. The number of aryl methyl sites for hydroxylation is 1. The van der Waals surface area contributed by atoms with Gasteiger partial charge in [0.15, 0.2) is 0 Å². The Balaban J connectivity index is 1.65. The van der Waals surface area contributed by atoms with E-state index in [9.17, 15) is 14.9 Å². The normalized spacial score (nSPS) is 14.8. The summed E-state index contributed by atoms with van der Waals surface area (Å²) in [7, 11) is 0. The number of fused-ring (bicyclic) bond motifs is 1. The molecule has 1 aliphatic rings. The lowest BCUT2D eigenvalue weighted by atomic mass is 9.87. The lowest BCUT2D eigenvalue weighted by Gasteiger charge is -2.43. The first-order valence-corrected chi connectivity index (χ1v) is 11.4. The number of allylic oxidation sites excluding steroid dienone is 1. The maximum Gasteiger partial charge on any atom is 0.269 e. The van der Waals surface area contributed by atoms with Crippen molar-refractivity contribution in [2.45, 2.75) is 45.1 Å². The van der Waals surface area contributed by atoms with Crippen molar-refractivity contribution in [3.63, 3.8) is 0 Å². The van der Waals surface area contributed by atoms with Gasteiger partial charge in [-0.15, -0.1) is 11.8 Å². The number of anilines is 1. The summed E-state index contributed by atoms with van der Waals surface area (Å²) in [4.78, 5) is 25.6. The second-order valence-electron chi connectivity index (χ2n) is 8.28. The van der Waals surface area contributed by atoms with Crippen LogP contribution in [0.25, 0.3) is 5.57 Å². The van der Waals surface area contributed by atoms with E-state index in [0.717, 1.165) is 22.6 Å². The molecule has 0 bridgehead atoms. The summed E-state index contributed by atoms with van der Waals surface area (Å²) in [6.45, 7) is 11.7. The highest BCUT2D eigenvalue weighted by Gasteiger charge is 2.30. The molecular weight excluding hydrogens is 424 g/mol. The number of nitrogens with zero attached hydrogens (tertiary/aromatic N) is 3. The molecule has 8 heteroatoms. The van der Waals surface area contributed by atoms with Crippen LogP contribution in [0, 0.1) is 17.0 Å². The number of thioether (sulfide) groups is 1. The fraction of sp³-hybridized carbons (Fsp3) is 0.333. The quantitative estimate of drug-likeness (QED) is 0.271. The van der Waals surface area contributed by atoms with Gasteiger partial charge in [-0.1, -0.05) is 6.08 Å². The number of amides is 1. The highest BCUT2D eigenvalue weighted by atomic mass is 32.2. The van der Waals surface area contributed by atoms with Crippen LogP contribution in [0.1, 0.15) is 44.4 Å². The van der Waals surface area contributed by atoms with Gasteiger partial charge in [0.25, 0.3) is 5.69 Å². The van der Waals surface area contributed by atoms with Crippen molar-refractivity contribution in [3.05, 3.63) is 69.3 Å². The lowest BCUT2D eigenvalue weighted by Crippen LogP contribution is -2.45. The minimum atomic E-state index is -0.448. The standard InChI is InChI=1S/C24H28N4O3S/c1-6-27-22-11-16(2)18(12-21(22)17(3)13-24(27,4)5)14-25-26-23(29)15-32-20-9-7-19(8-10-20)28(30)31/h7-14H,6,15H2,1-5H3,(H,26,29)/b25-14-. The fourth-order valence-electron chi connectivity index (χ4n) is 3.98. The average molecular weight is 453 g/mol. The summed E-state index contributed by atoms with van der Waals surface area (Å²) in [5.41, 5.74) is 8.22. The number of likely N-dealkylation sites (N-methyl/N-ethyl adjacent to an activating group) is 1. The van der Waals surface area contributed by atoms with Crippen LogP contribution in [-0.4, -0.2) is 34.9 Å². The van der Waals surface area contributed by atoms with Crippen molar-refractivity contribution in [1.29, 1.82) is 0 Å². The first kappa shape index (κ1) is 23.5. The Hall–Kier alpha value is -3.13. The van der Waals surface area contributed by atoms with Crippen molar-refractivity contribution in [3.8, 4) is 0 Å². The molecule has 1 heterocycles. The number of benzene rings is 2. The Bertz CT molecular complexity index is 1090. The monoisotopic (exact) mass is 452 g/mol. The number of nitro benzene ring substituents is 1. The summed E-state index contributed by atoms with van der Waals surface area (Å²) in [6, 6.07) is 10.4. The number of hydrazone groups is 1. The van der Waals surface area contributed by atoms with Crippen molar-refractivity contribution in [2.24, 2.45) is 5.10 Å². The van der Waals surface area contributed by atoms with Crippen LogP contribution in [0.3, 0.4) is 0 Å². The molecule has 1 N–H and O–H groups in total. The first-order valence-electron chi connectivity index (χ1n) is 10.4. The zero-order chi connectivity index (χ0) is 23.5. The predicted molar refractivity (Wildman–Crippen MR) is 131 cm³/mol. The summed E-state index contributed by atoms with van der Waals surface area (Å²) in [6.07, 6.45) is 3.96. The minimum absolute atomic E-state index is 0.0273. The summed E-state index contributed by atoms with van der Waals surface area (Å²) in [5.74, 6) is -0.0732. The Labute approximate surface area is 192 Å². The molecule has 0 atom stereocenters. The minimum Gasteiger partial charge on any atom is -0.363 e. The van der Waals surface area contributed by atoms with Crippen molar-refractivity contribution >= 4 is 40.8 Å². The number of carbonyl (C=O) groups excluding carboxylic acids is 1. The lowest BCUT2D eigenvalue weighted by molar-refractivity contribution is -0.384. The third kappa shape index (κ3) is 5.19. The number of carbonyl (C=O) groups is 1. The van der Waals surface area contributed by atoms with Gasteiger partial charge >= 0.3 is 0 Å². The molecule has 0 aromatic heterocycles. The van der Waals surface area contributed by atoms with Crippen LogP contribution in [0.4, 0.5) is 11.4 Å². The molecule has 2 aromatic rings. The molecule has 1 aliphatic heterocycles. The van der Waals surface area contributed by atoms with Crippen molar-refractivity contribution < 1.29 is 9.72 Å². The highest BCUT2D eigenvalue weighted by molar-refractivity contribution is 8.00. The van der Waals surface area contributed by atoms with Gasteiger partial charge in [-0.3, -0.25) is 14.9 Å². The van der Waals surface area contributed by atoms with Crippen LogP contribution >= 0.6 is 11.8 Å². The van der Waals surface area contributed by atoms with E-state index in [1.165, 1.54) is 40.7 Å². The second kappa shape index (κ2) is 9.56. The first-order chi connectivity index (χ1) is 15.1. The molecule has 3 rings (SSSR count). The molecule has 2 aromatic carbocycles. The Morgan fingerprint density at radius 1 is 1.25 bits per heavy atom. The van der Waals surface area contributed by atoms with Gasteiger partial charge in [0.2, 0.25) is 5.91 Å². The molecule has 168 valence electrons. The molecule has 0 saturated carbocycles. The second-order valence-corrected chi connectivity index (χ2v) is 9.33. The Kier molecular flexibility index (Phi) is 7.03. The van der Waals surface area contributed by atoms with E-state index >= 15 is 0 Å². The topological polar surface area (TPSA) is 87.8 Å². The molecule has 0 radical (unpaired) electrons. The van der Waals surface area contributed by atoms with Gasteiger partial charge in [0.1, 0.15) is 0 Å². The maximum atomic E-state index is 12.1. The van der Waals surface area contributed by atoms with E-state index in [-0.39, 0.29) is 22.9 Å². The molecule has 0 fully saturated rings. The molecule has 0 aliphatic carbocycles. The van der Waals surface area contributed by atoms with Gasteiger partial charge < -0.3 is 4.90 Å². The third-order valence-corrected chi connectivity index (χ3v) is 6.50. The van der Waals surface area contributed by atoms with Crippen LogP contribution in [0.5, 0.6) is 0 Å². The van der Waals surface area contributed by atoms with Crippen LogP contribution < -0.4 is 10.3 Å². The van der Waals surface area contributed by atoms with Gasteiger partial charge in [0, 0.05) is 34.8 Å². The van der Waals surface area contributed by atoms with E-state index in [4.69, 9.17) is 0 Å². The van der Waals surface area contributed by atoms with Crippen LogP contribution in [0.15, 0.2) is 52.5 Å². The molecule has 0 spiro atoms. The smallest absolute Gasteiger partial charge is 0.269 e. The predicted octanol–water partition coefficient (Wildman–Crippen LogP) is 5.17. The Morgan fingerprint density at radius 3 is 2.56 bits per heavy atom. The van der Waals surface area contributed by atoms with E-state index < -0.39 is 4.92 Å². The Morgan fingerprint density at radius 2 is 1.94 bits per heavy atom. The number of hydrogen-bond acceptors (Lipinski definition) is 6. The maximum absolute atomic E-state index is 12.1. The van der Waals surface area contributed by atoms with E-state index in [1.807, 2.05) is 6.92 Å². The number of non-ortho nitro benzene ring substituents is 1. The average Bonchev–Trinajstić information content (AvgIpc) is 2.73. The number of hydrogen-bond donors (Lipinski definition) is 1. The summed E-state index contributed by atoms with van der Waals surface area (Å²) in [5, 5.41) is 14.8. The van der Waals surface area contributed by atoms with Crippen LogP contribution in [0.2, 0.25) is 0 Å².